The molecule has 1 aliphatic rings. The maximum Gasteiger partial charge on any atom is 0.176 e. The predicted octanol–water partition coefficient (Wildman–Crippen LogP) is 3.79. The highest BCUT2D eigenvalue weighted by Crippen LogP contribution is 2.20. The highest BCUT2D eigenvalue weighted by molar-refractivity contribution is 6.31. The maximum absolute atomic E-state index is 12.2. The molecule has 2 nitrogen and oxygen atoms in total. The van der Waals surface area contributed by atoms with Gasteiger partial charge in [-0.25, -0.2) is 0 Å². The van der Waals surface area contributed by atoms with Gasteiger partial charge < -0.3 is 0 Å². The Bertz CT molecular complexity index is 419. The van der Waals surface area contributed by atoms with E-state index >= 15 is 0 Å². The molecule has 1 fully saturated rings. The van der Waals surface area contributed by atoms with Crippen LogP contribution in [0, 0.1) is 0 Å². The standard InChI is InChI=1S/C15H20ClNO/c1-2-14-8-3-4-9-17(14)11-15(18)12-6-5-7-13(16)10-12/h5-7,10,14H,2-4,8-9,11H2,1H3. The number of Topliss-reactive ketones (excluding diaryl/α,β-unsaturated/α-hetero) is 1. The zero-order chi connectivity index (χ0) is 13.0. The van der Waals surface area contributed by atoms with Gasteiger partial charge in [0.1, 0.15) is 0 Å². The molecule has 98 valence electrons. The summed E-state index contributed by atoms with van der Waals surface area (Å²) in [6.07, 6.45) is 4.85. The van der Waals surface area contributed by atoms with Gasteiger partial charge in [-0.3, -0.25) is 9.69 Å². The highest BCUT2D eigenvalue weighted by atomic mass is 35.5. The van der Waals surface area contributed by atoms with Crippen molar-refractivity contribution in [3.63, 3.8) is 0 Å². The van der Waals surface area contributed by atoms with Gasteiger partial charge in [-0.05, 0) is 37.9 Å². The van der Waals surface area contributed by atoms with Crippen LogP contribution in [0.25, 0.3) is 0 Å². The summed E-state index contributed by atoms with van der Waals surface area (Å²) in [6.45, 7) is 3.77. The lowest BCUT2D eigenvalue weighted by Crippen LogP contribution is -2.42. The van der Waals surface area contributed by atoms with Crippen molar-refractivity contribution in [1.29, 1.82) is 0 Å². The fourth-order valence-electron chi connectivity index (χ4n) is 2.67. The topological polar surface area (TPSA) is 20.3 Å². The lowest BCUT2D eigenvalue weighted by Gasteiger charge is -2.34. The van der Waals surface area contributed by atoms with Crippen molar-refractivity contribution in [2.45, 2.75) is 38.6 Å². The Morgan fingerprint density at radius 3 is 3.00 bits per heavy atom. The first-order valence-electron chi connectivity index (χ1n) is 6.73. The van der Waals surface area contributed by atoms with Crippen LogP contribution in [0.4, 0.5) is 0 Å². The van der Waals surface area contributed by atoms with E-state index in [0.29, 0.717) is 17.6 Å². The van der Waals surface area contributed by atoms with Crippen molar-refractivity contribution in [3.8, 4) is 0 Å². The Kier molecular flexibility index (Phi) is 4.79. The van der Waals surface area contributed by atoms with Crippen molar-refractivity contribution < 1.29 is 4.79 Å². The molecule has 1 unspecified atom stereocenters. The molecule has 1 heterocycles. The summed E-state index contributed by atoms with van der Waals surface area (Å²) in [5, 5.41) is 0.631. The van der Waals surface area contributed by atoms with E-state index in [1.807, 2.05) is 12.1 Å². The Morgan fingerprint density at radius 1 is 1.44 bits per heavy atom. The summed E-state index contributed by atoms with van der Waals surface area (Å²) >= 11 is 5.92. The van der Waals surface area contributed by atoms with Crippen LogP contribution in [0.2, 0.25) is 5.02 Å². The van der Waals surface area contributed by atoms with Gasteiger partial charge in [-0.1, -0.05) is 37.1 Å². The van der Waals surface area contributed by atoms with Gasteiger partial charge in [-0.15, -0.1) is 0 Å². The first-order chi connectivity index (χ1) is 8.70. The van der Waals surface area contributed by atoms with Crippen molar-refractivity contribution in [2.75, 3.05) is 13.1 Å². The molecule has 0 radical (unpaired) electrons. The summed E-state index contributed by atoms with van der Waals surface area (Å²) in [7, 11) is 0. The minimum Gasteiger partial charge on any atom is -0.293 e. The third-order valence-corrected chi connectivity index (χ3v) is 3.95. The second kappa shape index (κ2) is 6.35. The zero-order valence-electron chi connectivity index (χ0n) is 10.9. The molecule has 1 saturated heterocycles. The van der Waals surface area contributed by atoms with Gasteiger partial charge in [0.2, 0.25) is 0 Å². The largest absolute Gasteiger partial charge is 0.293 e. The van der Waals surface area contributed by atoms with Gasteiger partial charge in [0, 0.05) is 16.6 Å². The minimum absolute atomic E-state index is 0.179. The molecule has 0 spiro atoms. The molecular formula is C15H20ClNO. The van der Waals surface area contributed by atoms with E-state index in [1.165, 1.54) is 19.3 Å². The number of halogens is 1. The van der Waals surface area contributed by atoms with Crippen molar-refractivity contribution in [3.05, 3.63) is 34.9 Å². The van der Waals surface area contributed by atoms with E-state index in [4.69, 9.17) is 11.6 Å². The first-order valence-corrected chi connectivity index (χ1v) is 7.11. The van der Waals surface area contributed by atoms with E-state index in [2.05, 4.69) is 11.8 Å². The van der Waals surface area contributed by atoms with Crippen LogP contribution in [0.5, 0.6) is 0 Å². The Balaban J connectivity index is 2.02. The average molecular weight is 266 g/mol. The zero-order valence-corrected chi connectivity index (χ0v) is 11.6. The molecule has 1 aromatic rings. The number of hydrogen-bond donors (Lipinski definition) is 0. The third-order valence-electron chi connectivity index (χ3n) is 3.71. The van der Waals surface area contributed by atoms with E-state index in [9.17, 15) is 4.79 Å². The molecule has 18 heavy (non-hydrogen) atoms. The Morgan fingerprint density at radius 2 is 2.28 bits per heavy atom. The van der Waals surface area contributed by atoms with Crippen LogP contribution in [0.3, 0.4) is 0 Å². The van der Waals surface area contributed by atoms with Crippen molar-refractivity contribution >= 4 is 17.4 Å². The van der Waals surface area contributed by atoms with Crippen LogP contribution < -0.4 is 0 Å². The van der Waals surface area contributed by atoms with Gasteiger partial charge >= 0.3 is 0 Å². The first kappa shape index (κ1) is 13.6. The lowest BCUT2D eigenvalue weighted by atomic mass is 9.99. The Hall–Kier alpha value is -0.860. The van der Waals surface area contributed by atoms with E-state index < -0.39 is 0 Å². The maximum atomic E-state index is 12.2. The predicted molar refractivity (Wildman–Crippen MR) is 75.3 cm³/mol. The number of benzene rings is 1. The van der Waals surface area contributed by atoms with Crippen LogP contribution in [-0.2, 0) is 0 Å². The second-order valence-corrected chi connectivity index (χ2v) is 5.40. The Labute approximate surface area is 114 Å². The SMILES string of the molecule is CCC1CCCCN1CC(=O)c1cccc(Cl)c1. The molecule has 1 atom stereocenters. The van der Waals surface area contributed by atoms with Gasteiger partial charge in [0.05, 0.1) is 6.54 Å². The molecule has 0 aromatic heterocycles. The fraction of sp³-hybridized carbons (Fsp3) is 0.533. The average Bonchev–Trinajstić information content (AvgIpc) is 2.39. The minimum atomic E-state index is 0.179. The summed E-state index contributed by atoms with van der Waals surface area (Å²) in [4.78, 5) is 14.6. The van der Waals surface area contributed by atoms with E-state index in [0.717, 1.165) is 18.5 Å². The molecule has 0 N–H and O–H groups in total. The van der Waals surface area contributed by atoms with Gasteiger partial charge in [-0.2, -0.15) is 0 Å². The summed E-state index contributed by atoms with van der Waals surface area (Å²) < 4.78 is 0. The summed E-state index contributed by atoms with van der Waals surface area (Å²) in [5.74, 6) is 0.179. The number of ketones is 1. The molecule has 0 bridgehead atoms. The monoisotopic (exact) mass is 265 g/mol. The van der Waals surface area contributed by atoms with Gasteiger partial charge in [0.25, 0.3) is 0 Å². The molecule has 0 saturated carbocycles. The van der Waals surface area contributed by atoms with Crippen LogP contribution in [0.15, 0.2) is 24.3 Å². The number of carbonyl (C=O) groups is 1. The number of piperidine rings is 1. The molecule has 1 aromatic carbocycles. The lowest BCUT2D eigenvalue weighted by molar-refractivity contribution is 0.0838. The number of nitrogens with zero attached hydrogens (tertiary/aromatic N) is 1. The van der Waals surface area contributed by atoms with Crippen LogP contribution in [-0.4, -0.2) is 29.8 Å². The highest BCUT2D eigenvalue weighted by Gasteiger charge is 2.23. The van der Waals surface area contributed by atoms with E-state index in [1.54, 1.807) is 12.1 Å². The number of hydrogen-bond acceptors (Lipinski definition) is 2. The van der Waals surface area contributed by atoms with Crippen molar-refractivity contribution in [2.24, 2.45) is 0 Å². The molecule has 3 heteroatoms. The molecule has 1 aliphatic heterocycles. The number of rotatable bonds is 4. The quantitative estimate of drug-likeness (QED) is 0.772. The van der Waals surface area contributed by atoms with Crippen LogP contribution >= 0.6 is 11.6 Å². The fourth-order valence-corrected chi connectivity index (χ4v) is 2.86. The third kappa shape index (κ3) is 3.33. The summed E-state index contributed by atoms with van der Waals surface area (Å²) in [5.41, 5.74) is 0.725. The summed E-state index contributed by atoms with van der Waals surface area (Å²) in [6, 6.07) is 7.81. The molecular weight excluding hydrogens is 246 g/mol. The molecule has 2 rings (SSSR count). The normalized spacial score (nSPS) is 20.9. The smallest absolute Gasteiger partial charge is 0.176 e. The van der Waals surface area contributed by atoms with E-state index in [-0.39, 0.29) is 5.78 Å². The molecule has 0 amide bonds. The number of likely N-dealkylation sites (tertiary alicyclic amines) is 1. The van der Waals surface area contributed by atoms with Crippen molar-refractivity contribution in [1.82, 2.24) is 4.90 Å². The van der Waals surface area contributed by atoms with Crippen LogP contribution in [0.1, 0.15) is 43.0 Å². The number of carbonyl (C=O) groups excluding carboxylic acids is 1. The van der Waals surface area contributed by atoms with Gasteiger partial charge in [0.15, 0.2) is 5.78 Å². The second-order valence-electron chi connectivity index (χ2n) is 4.96. The molecule has 0 aliphatic carbocycles.